The lowest BCUT2D eigenvalue weighted by Crippen LogP contribution is -2.46. The topological polar surface area (TPSA) is 54.5 Å². The molecule has 5 nitrogen and oxygen atoms in total. The molecule has 2 saturated heterocycles. The molecule has 1 amide bonds. The van der Waals surface area contributed by atoms with Crippen LogP contribution in [0.3, 0.4) is 0 Å². The van der Waals surface area contributed by atoms with Crippen molar-refractivity contribution >= 4 is 5.91 Å². The minimum absolute atomic E-state index is 0.0443. The van der Waals surface area contributed by atoms with E-state index in [0.717, 1.165) is 31.8 Å². The van der Waals surface area contributed by atoms with Crippen molar-refractivity contribution in [1.29, 1.82) is 0 Å². The quantitative estimate of drug-likeness (QED) is 0.934. The van der Waals surface area contributed by atoms with Gasteiger partial charge in [-0.3, -0.25) is 9.78 Å². The fourth-order valence-electron chi connectivity index (χ4n) is 4.24. The Balaban J connectivity index is 1.64. The SMILES string of the molecule is COc1cccc([C@H]2CN(C(=O)c3ccccn3)[C@@H]3CCNC[C@H]23)c1. The normalized spacial score (nSPS) is 25.5. The average molecular weight is 337 g/mol. The van der Waals surface area contributed by atoms with E-state index in [0.29, 0.717) is 17.5 Å². The van der Waals surface area contributed by atoms with Crippen LogP contribution in [0.15, 0.2) is 48.7 Å². The number of hydrogen-bond acceptors (Lipinski definition) is 4. The first-order chi connectivity index (χ1) is 12.3. The summed E-state index contributed by atoms with van der Waals surface area (Å²) in [5.74, 6) is 1.66. The first-order valence-corrected chi connectivity index (χ1v) is 8.84. The Morgan fingerprint density at radius 3 is 3.00 bits per heavy atom. The van der Waals surface area contributed by atoms with E-state index in [2.05, 4.69) is 22.4 Å². The Bertz CT molecular complexity index is 750. The van der Waals surface area contributed by atoms with E-state index in [1.807, 2.05) is 29.2 Å². The summed E-state index contributed by atoms with van der Waals surface area (Å²) in [4.78, 5) is 19.3. The average Bonchev–Trinajstić information content (AvgIpc) is 3.08. The van der Waals surface area contributed by atoms with Gasteiger partial charge in [0.25, 0.3) is 5.91 Å². The molecule has 1 N–H and O–H groups in total. The van der Waals surface area contributed by atoms with Crippen LogP contribution in [0.4, 0.5) is 0 Å². The van der Waals surface area contributed by atoms with E-state index < -0.39 is 0 Å². The van der Waals surface area contributed by atoms with Gasteiger partial charge < -0.3 is 15.0 Å². The second kappa shape index (κ2) is 6.84. The molecule has 0 unspecified atom stereocenters. The van der Waals surface area contributed by atoms with Crippen molar-refractivity contribution in [3.63, 3.8) is 0 Å². The number of aromatic nitrogens is 1. The van der Waals surface area contributed by atoms with Gasteiger partial charge in [0.1, 0.15) is 11.4 Å². The molecule has 2 aromatic rings. The van der Waals surface area contributed by atoms with Crippen LogP contribution in [0.2, 0.25) is 0 Å². The maximum absolute atomic E-state index is 13.0. The molecule has 0 radical (unpaired) electrons. The summed E-state index contributed by atoms with van der Waals surface area (Å²) in [6.45, 7) is 2.64. The van der Waals surface area contributed by atoms with Gasteiger partial charge in [-0.05, 0) is 42.8 Å². The Kier molecular flexibility index (Phi) is 4.40. The molecule has 2 aliphatic heterocycles. The number of carbonyl (C=O) groups is 1. The largest absolute Gasteiger partial charge is 0.497 e. The van der Waals surface area contributed by atoms with E-state index in [-0.39, 0.29) is 11.9 Å². The second-order valence-corrected chi connectivity index (χ2v) is 6.78. The standard InChI is InChI=1S/C20H23N3O2/c1-25-15-6-4-5-14(11-15)17-13-23(19-8-10-21-12-16(17)19)20(24)18-7-2-3-9-22-18/h2-7,9,11,16-17,19,21H,8,10,12-13H2,1H3/t16-,17-,19-/m1/s1. The number of rotatable bonds is 3. The Morgan fingerprint density at radius 1 is 1.28 bits per heavy atom. The molecule has 1 aromatic carbocycles. The molecule has 3 atom stereocenters. The molecule has 130 valence electrons. The molecule has 0 bridgehead atoms. The van der Waals surface area contributed by atoms with Gasteiger partial charge in [-0.15, -0.1) is 0 Å². The zero-order valence-electron chi connectivity index (χ0n) is 14.4. The van der Waals surface area contributed by atoms with E-state index in [1.54, 1.807) is 19.4 Å². The van der Waals surface area contributed by atoms with Crippen LogP contribution in [0.5, 0.6) is 5.75 Å². The maximum atomic E-state index is 13.0. The maximum Gasteiger partial charge on any atom is 0.272 e. The molecule has 0 aliphatic carbocycles. The van der Waals surface area contributed by atoms with Gasteiger partial charge in [-0.1, -0.05) is 18.2 Å². The first kappa shape index (κ1) is 16.1. The summed E-state index contributed by atoms with van der Waals surface area (Å²) in [5, 5.41) is 3.50. The lowest BCUT2D eigenvalue weighted by molar-refractivity contribution is 0.0691. The summed E-state index contributed by atoms with van der Waals surface area (Å²) < 4.78 is 5.39. The van der Waals surface area contributed by atoms with Crippen molar-refractivity contribution in [3.05, 3.63) is 59.9 Å². The number of nitrogens with one attached hydrogen (secondary N) is 1. The summed E-state index contributed by atoms with van der Waals surface area (Å²) >= 11 is 0. The molecule has 2 fully saturated rings. The van der Waals surface area contributed by atoms with E-state index in [9.17, 15) is 4.79 Å². The fraction of sp³-hybridized carbons (Fsp3) is 0.400. The van der Waals surface area contributed by atoms with Crippen LogP contribution >= 0.6 is 0 Å². The summed E-state index contributed by atoms with van der Waals surface area (Å²) in [5.41, 5.74) is 1.78. The van der Waals surface area contributed by atoms with Gasteiger partial charge in [0.05, 0.1) is 7.11 Å². The van der Waals surface area contributed by atoms with Crippen LogP contribution in [-0.4, -0.2) is 48.6 Å². The monoisotopic (exact) mass is 337 g/mol. The molecule has 4 rings (SSSR count). The molecular weight excluding hydrogens is 314 g/mol. The number of ether oxygens (including phenoxy) is 1. The molecular formula is C20H23N3O2. The number of methoxy groups -OCH3 is 1. The van der Waals surface area contributed by atoms with Gasteiger partial charge in [0.2, 0.25) is 0 Å². The molecule has 0 saturated carbocycles. The van der Waals surface area contributed by atoms with Gasteiger partial charge in [-0.2, -0.15) is 0 Å². The van der Waals surface area contributed by atoms with Crippen molar-refractivity contribution in [1.82, 2.24) is 15.2 Å². The molecule has 5 heteroatoms. The number of fused-ring (bicyclic) bond motifs is 1. The number of nitrogens with zero attached hydrogens (tertiary/aromatic N) is 2. The highest BCUT2D eigenvalue weighted by Gasteiger charge is 2.45. The van der Waals surface area contributed by atoms with Crippen LogP contribution in [0, 0.1) is 5.92 Å². The third-order valence-corrected chi connectivity index (χ3v) is 5.47. The van der Waals surface area contributed by atoms with Crippen molar-refractivity contribution in [3.8, 4) is 5.75 Å². The number of pyridine rings is 1. The van der Waals surface area contributed by atoms with Gasteiger partial charge in [0.15, 0.2) is 0 Å². The molecule has 2 aliphatic rings. The predicted octanol–water partition coefficient (Wildman–Crippen LogP) is 2.31. The number of carbonyl (C=O) groups excluding carboxylic acids is 1. The van der Waals surface area contributed by atoms with Crippen LogP contribution in [0.1, 0.15) is 28.4 Å². The van der Waals surface area contributed by atoms with Crippen molar-refractivity contribution in [2.24, 2.45) is 5.92 Å². The smallest absolute Gasteiger partial charge is 0.272 e. The summed E-state index contributed by atoms with van der Waals surface area (Å²) in [6, 6.07) is 14.0. The molecule has 0 spiro atoms. The minimum Gasteiger partial charge on any atom is -0.497 e. The lowest BCUT2D eigenvalue weighted by atomic mass is 9.82. The number of amides is 1. The molecule has 1 aromatic heterocycles. The zero-order valence-corrected chi connectivity index (χ0v) is 14.4. The Morgan fingerprint density at radius 2 is 2.20 bits per heavy atom. The number of hydrogen-bond donors (Lipinski definition) is 1. The first-order valence-electron chi connectivity index (χ1n) is 8.84. The van der Waals surface area contributed by atoms with E-state index >= 15 is 0 Å². The summed E-state index contributed by atoms with van der Waals surface area (Å²) in [7, 11) is 1.69. The van der Waals surface area contributed by atoms with Crippen molar-refractivity contribution in [2.75, 3.05) is 26.7 Å². The highest BCUT2D eigenvalue weighted by Crippen LogP contribution is 2.41. The highest BCUT2D eigenvalue weighted by atomic mass is 16.5. The van der Waals surface area contributed by atoms with Crippen molar-refractivity contribution in [2.45, 2.75) is 18.4 Å². The number of likely N-dealkylation sites (tertiary alicyclic amines) is 1. The van der Waals surface area contributed by atoms with Gasteiger partial charge >= 0.3 is 0 Å². The predicted molar refractivity (Wildman–Crippen MR) is 95.8 cm³/mol. The minimum atomic E-state index is 0.0443. The zero-order chi connectivity index (χ0) is 17.2. The molecule has 25 heavy (non-hydrogen) atoms. The third kappa shape index (κ3) is 3.00. The van der Waals surface area contributed by atoms with Crippen molar-refractivity contribution < 1.29 is 9.53 Å². The highest BCUT2D eigenvalue weighted by molar-refractivity contribution is 5.92. The Hall–Kier alpha value is -2.40. The fourth-order valence-corrected chi connectivity index (χ4v) is 4.24. The number of piperidine rings is 1. The summed E-state index contributed by atoms with van der Waals surface area (Å²) in [6.07, 6.45) is 2.67. The van der Waals surface area contributed by atoms with Crippen LogP contribution in [0.25, 0.3) is 0 Å². The van der Waals surface area contributed by atoms with Crippen LogP contribution < -0.4 is 10.1 Å². The van der Waals surface area contributed by atoms with Gasteiger partial charge in [0, 0.05) is 37.2 Å². The number of benzene rings is 1. The lowest BCUT2D eigenvalue weighted by Gasteiger charge is -2.32. The third-order valence-electron chi connectivity index (χ3n) is 5.47. The molecule has 3 heterocycles. The van der Waals surface area contributed by atoms with Crippen LogP contribution in [-0.2, 0) is 0 Å². The van der Waals surface area contributed by atoms with E-state index in [4.69, 9.17) is 4.74 Å². The van der Waals surface area contributed by atoms with E-state index in [1.165, 1.54) is 5.56 Å². The van der Waals surface area contributed by atoms with Gasteiger partial charge in [-0.25, -0.2) is 0 Å². The Labute approximate surface area is 148 Å². The second-order valence-electron chi connectivity index (χ2n) is 6.78.